The third-order valence-electron chi connectivity index (χ3n) is 4.28. The van der Waals surface area contributed by atoms with E-state index in [2.05, 4.69) is 4.98 Å². The van der Waals surface area contributed by atoms with Gasteiger partial charge in [0, 0.05) is 49.0 Å². The van der Waals surface area contributed by atoms with Gasteiger partial charge in [-0.3, -0.25) is 0 Å². The van der Waals surface area contributed by atoms with Crippen LogP contribution >= 0.6 is 10.7 Å². The van der Waals surface area contributed by atoms with E-state index in [1.54, 1.807) is 6.20 Å². The Balaban J connectivity index is 1.90. The molecule has 118 valence electrons. The van der Waals surface area contributed by atoms with Crippen LogP contribution in [0.4, 0.5) is 0 Å². The first-order valence-electron chi connectivity index (χ1n) is 7.18. The number of rotatable bonds is 3. The summed E-state index contributed by atoms with van der Waals surface area (Å²) < 4.78 is 36.3. The van der Waals surface area contributed by atoms with E-state index in [-0.39, 0.29) is 16.7 Å². The summed E-state index contributed by atoms with van der Waals surface area (Å²) in [5.41, 5.74) is -0.224. The molecule has 0 radical (unpaired) electrons. The molecular formula is C13H19ClN2O4S. The van der Waals surface area contributed by atoms with Gasteiger partial charge in [-0.25, -0.2) is 13.4 Å². The molecule has 2 saturated heterocycles. The molecule has 2 fully saturated rings. The summed E-state index contributed by atoms with van der Waals surface area (Å²) in [7, 11) is 1.62. The minimum Gasteiger partial charge on any atom is -0.378 e. The van der Waals surface area contributed by atoms with E-state index in [1.807, 2.05) is 11.5 Å². The Morgan fingerprint density at radius 3 is 2.95 bits per heavy atom. The fraction of sp³-hybridized carbons (Fsp3) is 0.769. The lowest BCUT2D eigenvalue weighted by molar-refractivity contribution is -0.0951. The average Bonchev–Trinajstić information content (AvgIpc) is 3.05. The van der Waals surface area contributed by atoms with Gasteiger partial charge in [-0.1, -0.05) is 6.92 Å². The Hall–Kier alpha value is -0.630. The zero-order valence-corrected chi connectivity index (χ0v) is 13.5. The van der Waals surface area contributed by atoms with Crippen molar-refractivity contribution in [1.29, 1.82) is 0 Å². The van der Waals surface area contributed by atoms with Crippen molar-refractivity contribution in [3.63, 3.8) is 0 Å². The summed E-state index contributed by atoms with van der Waals surface area (Å²) in [6.45, 7) is 3.94. The lowest BCUT2D eigenvalue weighted by Crippen LogP contribution is -2.41. The zero-order valence-electron chi connectivity index (χ0n) is 11.9. The van der Waals surface area contributed by atoms with E-state index >= 15 is 0 Å². The molecule has 3 heterocycles. The molecule has 3 rings (SSSR count). The third-order valence-corrected chi connectivity index (χ3v) is 5.45. The molecule has 0 bridgehead atoms. The molecule has 6 nitrogen and oxygen atoms in total. The van der Waals surface area contributed by atoms with E-state index in [1.165, 1.54) is 0 Å². The van der Waals surface area contributed by atoms with E-state index in [9.17, 15) is 8.42 Å². The third kappa shape index (κ3) is 2.97. The van der Waals surface area contributed by atoms with Gasteiger partial charge in [0.05, 0.1) is 12.2 Å². The normalized spacial score (nSPS) is 30.1. The second-order valence-electron chi connectivity index (χ2n) is 5.67. The van der Waals surface area contributed by atoms with Gasteiger partial charge in [-0.05, 0) is 12.8 Å². The SMILES string of the molecule is CCc1nc(S(=O)(=O)Cl)cn1C1CCOC2(CCOC2)C1. The lowest BCUT2D eigenvalue weighted by Gasteiger charge is -2.38. The molecule has 0 aliphatic carbocycles. The maximum absolute atomic E-state index is 11.5. The Kier molecular flexibility index (Phi) is 4.02. The van der Waals surface area contributed by atoms with Gasteiger partial charge in [0.2, 0.25) is 0 Å². The van der Waals surface area contributed by atoms with Crippen molar-refractivity contribution in [2.24, 2.45) is 0 Å². The van der Waals surface area contributed by atoms with E-state index < -0.39 is 9.05 Å². The van der Waals surface area contributed by atoms with Crippen LogP contribution in [0.5, 0.6) is 0 Å². The summed E-state index contributed by atoms with van der Waals surface area (Å²) in [4.78, 5) is 4.16. The van der Waals surface area contributed by atoms with E-state index in [0.717, 1.165) is 31.7 Å². The Morgan fingerprint density at radius 1 is 1.52 bits per heavy atom. The highest BCUT2D eigenvalue weighted by atomic mass is 35.7. The van der Waals surface area contributed by atoms with Crippen LogP contribution in [0.25, 0.3) is 0 Å². The second kappa shape index (κ2) is 5.53. The van der Waals surface area contributed by atoms with Crippen LogP contribution in [0.3, 0.4) is 0 Å². The minimum absolute atomic E-state index is 0.0655. The zero-order chi connectivity index (χ0) is 15.1. The molecule has 2 unspecified atom stereocenters. The molecule has 0 amide bonds. The molecule has 0 N–H and O–H groups in total. The number of nitrogens with zero attached hydrogens (tertiary/aromatic N) is 2. The van der Waals surface area contributed by atoms with Crippen LogP contribution in [0.15, 0.2) is 11.2 Å². The van der Waals surface area contributed by atoms with Crippen LogP contribution in [0, 0.1) is 0 Å². The van der Waals surface area contributed by atoms with E-state index in [4.69, 9.17) is 20.2 Å². The van der Waals surface area contributed by atoms with E-state index in [0.29, 0.717) is 19.6 Å². The van der Waals surface area contributed by atoms with Crippen LogP contribution in [0.1, 0.15) is 38.1 Å². The first-order chi connectivity index (χ1) is 9.93. The summed E-state index contributed by atoms with van der Waals surface area (Å²) in [5.74, 6) is 0.746. The molecule has 8 heteroatoms. The van der Waals surface area contributed by atoms with Gasteiger partial charge >= 0.3 is 0 Å². The van der Waals surface area contributed by atoms with Crippen molar-refractivity contribution in [1.82, 2.24) is 9.55 Å². The number of hydrogen-bond acceptors (Lipinski definition) is 5. The van der Waals surface area contributed by atoms with Crippen molar-refractivity contribution < 1.29 is 17.9 Å². The summed E-state index contributed by atoms with van der Waals surface area (Å²) in [6.07, 6.45) is 4.76. The fourth-order valence-corrected chi connectivity index (χ4v) is 3.88. The topological polar surface area (TPSA) is 70.4 Å². The number of halogens is 1. The first-order valence-corrected chi connectivity index (χ1v) is 9.48. The highest BCUT2D eigenvalue weighted by Gasteiger charge is 2.42. The fourth-order valence-electron chi connectivity index (χ4n) is 3.21. The molecular weight excluding hydrogens is 316 g/mol. The monoisotopic (exact) mass is 334 g/mol. The van der Waals surface area contributed by atoms with Crippen molar-refractivity contribution in [2.75, 3.05) is 19.8 Å². The van der Waals surface area contributed by atoms with Gasteiger partial charge in [0.15, 0.2) is 5.03 Å². The highest BCUT2D eigenvalue weighted by Crippen LogP contribution is 2.38. The number of ether oxygens (including phenoxy) is 2. The standard InChI is InChI=1S/C13H19ClN2O4S/c1-2-11-15-12(21(14,17)18)8-16(11)10-3-5-20-13(7-10)4-6-19-9-13/h8,10H,2-7,9H2,1H3. The van der Waals surface area contributed by atoms with Crippen molar-refractivity contribution >= 4 is 19.7 Å². The van der Waals surface area contributed by atoms with Crippen LogP contribution in [0.2, 0.25) is 0 Å². The molecule has 2 aliphatic heterocycles. The Labute approximate surface area is 128 Å². The Morgan fingerprint density at radius 2 is 2.33 bits per heavy atom. The molecule has 0 saturated carbocycles. The first kappa shape index (κ1) is 15.3. The Bertz CT molecular complexity index is 622. The maximum atomic E-state index is 11.5. The molecule has 1 spiro atoms. The predicted molar refractivity (Wildman–Crippen MR) is 77.0 cm³/mol. The molecule has 1 aromatic rings. The second-order valence-corrected chi connectivity index (χ2v) is 8.19. The van der Waals surface area contributed by atoms with Crippen LogP contribution in [-0.4, -0.2) is 43.4 Å². The molecule has 2 atom stereocenters. The molecule has 2 aliphatic rings. The van der Waals surface area contributed by atoms with Gasteiger partial charge in [0.1, 0.15) is 5.82 Å². The smallest absolute Gasteiger partial charge is 0.280 e. The highest BCUT2D eigenvalue weighted by molar-refractivity contribution is 8.13. The van der Waals surface area contributed by atoms with Crippen LogP contribution in [-0.2, 0) is 24.9 Å². The quantitative estimate of drug-likeness (QED) is 0.789. The largest absolute Gasteiger partial charge is 0.378 e. The number of aryl methyl sites for hydroxylation is 1. The van der Waals surface area contributed by atoms with Gasteiger partial charge in [-0.15, -0.1) is 0 Å². The molecule has 0 aromatic carbocycles. The van der Waals surface area contributed by atoms with Gasteiger partial charge in [0.25, 0.3) is 9.05 Å². The van der Waals surface area contributed by atoms with Crippen molar-refractivity contribution in [3.8, 4) is 0 Å². The summed E-state index contributed by atoms with van der Waals surface area (Å²) >= 11 is 0. The number of hydrogen-bond donors (Lipinski definition) is 0. The summed E-state index contributed by atoms with van der Waals surface area (Å²) in [6, 6.07) is 0.176. The molecule has 1 aromatic heterocycles. The molecule has 21 heavy (non-hydrogen) atoms. The van der Waals surface area contributed by atoms with Crippen molar-refractivity contribution in [2.45, 2.75) is 49.3 Å². The summed E-state index contributed by atoms with van der Waals surface area (Å²) in [5, 5.41) is -0.0655. The lowest BCUT2D eigenvalue weighted by atomic mass is 9.89. The van der Waals surface area contributed by atoms with Crippen LogP contribution < -0.4 is 0 Å². The number of imidazole rings is 1. The number of aromatic nitrogens is 2. The average molecular weight is 335 g/mol. The van der Waals surface area contributed by atoms with Gasteiger partial charge < -0.3 is 14.0 Å². The predicted octanol–water partition coefficient (Wildman–Crippen LogP) is 1.88. The van der Waals surface area contributed by atoms with Gasteiger partial charge in [-0.2, -0.15) is 0 Å². The van der Waals surface area contributed by atoms with Crippen molar-refractivity contribution in [3.05, 3.63) is 12.0 Å². The maximum Gasteiger partial charge on any atom is 0.280 e. The minimum atomic E-state index is -3.80.